The fraction of sp³-hybridized carbons (Fsp3) is 0.417. The van der Waals surface area contributed by atoms with Crippen molar-refractivity contribution in [2.45, 2.75) is 51.5 Å². The van der Waals surface area contributed by atoms with Crippen molar-refractivity contribution in [2.75, 3.05) is 18.0 Å². The summed E-state index contributed by atoms with van der Waals surface area (Å²) >= 11 is 0. The van der Waals surface area contributed by atoms with E-state index in [4.69, 9.17) is 5.11 Å². The monoisotopic (exact) mass is 394 g/mol. The molecule has 0 bridgehead atoms. The summed E-state index contributed by atoms with van der Waals surface area (Å²) in [5.41, 5.74) is 4.15. The third kappa shape index (κ3) is 4.85. The van der Waals surface area contributed by atoms with Gasteiger partial charge in [0.15, 0.2) is 0 Å². The first-order valence-electron chi connectivity index (χ1n) is 10.2. The number of hydrogen-bond acceptors (Lipinski definition) is 3. The van der Waals surface area contributed by atoms with E-state index in [-0.39, 0.29) is 23.8 Å². The van der Waals surface area contributed by atoms with E-state index in [9.17, 15) is 9.59 Å². The molecule has 1 heterocycles. The molecule has 1 aliphatic rings. The van der Waals surface area contributed by atoms with Gasteiger partial charge in [-0.25, -0.2) is 0 Å². The van der Waals surface area contributed by atoms with Gasteiger partial charge in [-0.3, -0.25) is 9.59 Å². The van der Waals surface area contributed by atoms with Crippen LogP contribution in [0.15, 0.2) is 48.5 Å². The molecule has 1 aliphatic heterocycles. The van der Waals surface area contributed by atoms with Crippen LogP contribution in [-0.4, -0.2) is 30.1 Å². The SMILES string of the molecule is Cc1cccc2c1C(CCC(=O)O)CN2C(=O)CCNC(C)(C)c1ccccc1. The van der Waals surface area contributed by atoms with Crippen molar-refractivity contribution in [3.8, 4) is 0 Å². The molecule has 3 rings (SSSR count). The second kappa shape index (κ2) is 8.78. The molecule has 1 atom stereocenters. The van der Waals surface area contributed by atoms with Crippen molar-refractivity contribution in [2.24, 2.45) is 0 Å². The van der Waals surface area contributed by atoms with Gasteiger partial charge >= 0.3 is 5.97 Å². The summed E-state index contributed by atoms with van der Waals surface area (Å²) in [5.74, 6) is -0.636. The number of amides is 1. The van der Waals surface area contributed by atoms with Crippen molar-refractivity contribution >= 4 is 17.6 Å². The van der Waals surface area contributed by atoms with Crippen LogP contribution in [0.1, 0.15) is 55.7 Å². The lowest BCUT2D eigenvalue weighted by Crippen LogP contribution is -2.39. The number of carbonyl (C=O) groups is 2. The molecular weight excluding hydrogens is 364 g/mol. The second-order valence-corrected chi connectivity index (χ2v) is 8.31. The number of aryl methyl sites for hydroxylation is 1. The minimum Gasteiger partial charge on any atom is -0.481 e. The molecule has 2 N–H and O–H groups in total. The Morgan fingerprint density at radius 2 is 1.83 bits per heavy atom. The largest absolute Gasteiger partial charge is 0.481 e. The van der Waals surface area contributed by atoms with Crippen LogP contribution in [0, 0.1) is 6.92 Å². The summed E-state index contributed by atoms with van der Waals surface area (Å²) in [6.45, 7) is 7.41. The van der Waals surface area contributed by atoms with E-state index in [0.717, 1.165) is 16.8 Å². The van der Waals surface area contributed by atoms with E-state index in [1.54, 1.807) is 0 Å². The zero-order valence-corrected chi connectivity index (χ0v) is 17.4. The number of carboxylic acid groups (broad SMARTS) is 1. The van der Waals surface area contributed by atoms with Crippen molar-refractivity contribution in [3.05, 3.63) is 65.2 Å². The summed E-state index contributed by atoms with van der Waals surface area (Å²) < 4.78 is 0. The lowest BCUT2D eigenvalue weighted by Gasteiger charge is -2.27. The third-order valence-corrected chi connectivity index (χ3v) is 5.81. The summed E-state index contributed by atoms with van der Waals surface area (Å²) in [7, 11) is 0. The van der Waals surface area contributed by atoms with E-state index >= 15 is 0 Å². The normalized spacial score (nSPS) is 16.0. The molecule has 5 nitrogen and oxygen atoms in total. The second-order valence-electron chi connectivity index (χ2n) is 8.31. The highest BCUT2D eigenvalue weighted by Crippen LogP contribution is 2.41. The van der Waals surface area contributed by atoms with Gasteiger partial charge in [0, 0.05) is 43.1 Å². The molecule has 0 saturated carbocycles. The molecule has 1 amide bonds. The minimum atomic E-state index is -0.794. The Bertz CT molecular complexity index is 877. The van der Waals surface area contributed by atoms with Gasteiger partial charge in [-0.1, -0.05) is 42.5 Å². The molecule has 2 aromatic carbocycles. The Morgan fingerprint density at radius 1 is 1.10 bits per heavy atom. The number of benzene rings is 2. The van der Waals surface area contributed by atoms with Crippen LogP contribution in [0.2, 0.25) is 0 Å². The van der Waals surface area contributed by atoms with Crippen molar-refractivity contribution in [1.82, 2.24) is 5.32 Å². The van der Waals surface area contributed by atoms with Crippen LogP contribution in [0.5, 0.6) is 0 Å². The van der Waals surface area contributed by atoms with Gasteiger partial charge < -0.3 is 15.3 Å². The summed E-state index contributed by atoms with van der Waals surface area (Å²) in [4.78, 5) is 25.9. The molecule has 2 aromatic rings. The molecule has 0 aliphatic carbocycles. The number of aliphatic carboxylic acids is 1. The fourth-order valence-electron chi connectivity index (χ4n) is 4.18. The maximum Gasteiger partial charge on any atom is 0.303 e. The average Bonchev–Trinajstić information content (AvgIpc) is 3.07. The first kappa shape index (κ1) is 21.1. The van der Waals surface area contributed by atoms with E-state index < -0.39 is 5.97 Å². The first-order chi connectivity index (χ1) is 13.8. The van der Waals surface area contributed by atoms with E-state index in [0.29, 0.717) is 25.9 Å². The molecule has 154 valence electrons. The molecule has 0 fully saturated rings. The van der Waals surface area contributed by atoms with Crippen LogP contribution < -0.4 is 10.2 Å². The molecule has 29 heavy (non-hydrogen) atoms. The fourth-order valence-corrected chi connectivity index (χ4v) is 4.18. The van der Waals surface area contributed by atoms with Crippen LogP contribution in [-0.2, 0) is 15.1 Å². The van der Waals surface area contributed by atoms with Crippen LogP contribution in [0.25, 0.3) is 0 Å². The van der Waals surface area contributed by atoms with Gasteiger partial charge in [0.05, 0.1) is 0 Å². The van der Waals surface area contributed by atoms with Gasteiger partial charge in [0.25, 0.3) is 0 Å². The summed E-state index contributed by atoms with van der Waals surface area (Å²) in [6, 6.07) is 16.2. The minimum absolute atomic E-state index is 0.0750. The van der Waals surface area contributed by atoms with Crippen molar-refractivity contribution in [3.63, 3.8) is 0 Å². The topological polar surface area (TPSA) is 69.6 Å². The Kier molecular flexibility index (Phi) is 6.38. The quantitative estimate of drug-likeness (QED) is 0.704. The van der Waals surface area contributed by atoms with Crippen LogP contribution in [0.4, 0.5) is 5.69 Å². The van der Waals surface area contributed by atoms with Gasteiger partial charge in [0.2, 0.25) is 5.91 Å². The van der Waals surface area contributed by atoms with Gasteiger partial charge in [-0.05, 0) is 49.9 Å². The first-order valence-corrected chi connectivity index (χ1v) is 10.2. The van der Waals surface area contributed by atoms with Gasteiger partial charge in [0.1, 0.15) is 0 Å². The van der Waals surface area contributed by atoms with Crippen molar-refractivity contribution in [1.29, 1.82) is 0 Å². The van der Waals surface area contributed by atoms with Crippen LogP contribution in [0.3, 0.4) is 0 Å². The Balaban J connectivity index is 1.65. The number of carboxylic acids is 1. The molecular formula is C24H30N2O3. The molecule has 0 spiro atoms. The number of carbonyl (C=O) groups excluding carboxylic acids is 1. The Hall–Kier alpha value is -2.66. The van der Waals surface area contributed by atoms with E-state index in [1.165, 1.54) is 5.56 Å². The number of anilines is 1. The number of fused-ring (bicyclic) bond motifs is 1. The number of hydrogen-bond donors (Lipinski definition) is 2. The predicted molar refractivity (Wildman–Crippen MR) is 115 cm³/mol. The highest BCUT2D eigenvalue weighted by atomic mass is 16.4. The van der Waals surface area contributed by atoms with E-state index in [1.807, 2.05) is 48.2 Å². The molecule has 0 radical (unpaired) electrons. The van der Waals surface area contributed by atoms with Crippen molar-refractivity contribution < 1.29 is 14.7 Å². The molecule has 0 saturated heterocycles. The maximum absolute atomic E-state index is 13.0. The average molecular weight is 395 g/mol. The predicted octanol–water partition coefficient (Wildman–Crippen LogP) is 4.21. The van der Waals surface area contributed by atoms with Gasteiger partial charge in [-0.15, -0.1) is 0 Å². The summed E-state index contributed by atoms with van der Waals surface area (Å²) in [5, 5.41) is 12.6. The lowest BCUT2D eigenvalue weighted by molar-refractivity contribution is -0.137. The third-order valence-electron chi connectivity index (χ3n) is 5.81. The van der Waals surface area contributed by atoms with E-state index in [2.05, 4.69) is 31.3 Å². The standard InChI is InChI=1S/C24H30N2O3/c1-17-8-7-11-20-23(17)18(12-13-22(28)29)16-26(20)21(27)14-15-25-24(2,3)19-9-5-4-6-10-19/h4-11,18,25H,12-16H2,1-3H3,(H,28,29). The smallest absolute Gasteiger partial charge is 0.303 e. The zero-order chi connectivity index (χ0) is 21.0. The van der Waals surface area contributed by atoms with Crippen LogP contribution >= 0.6 is 0 Å². The zero-order valence-electron chi connectivity index (χ0n) is 17.4. The Morgan fingerprint density at radius 3 is 2.52 bits per heavy atom. The summed E-state index contributed by atoms with van der Waals surface area (Å²) in [6.07, 6.45) is 1.07. The number of nitrogens with one attached hydrogen (secondary N) is 1. The number of rotatable bonds is 8. The Labute approximate surface area is 172 Å². The molecule has 0 aromatic heterocycles. The molecule has 1 unspecified atom stereocenters. The highest BCUT2D eigenvalue weighted by molar-refractivity contribution is 5.96. The molecule has 5 heteroatoms. The van der Waals surface area contributed by atoms with Gasteiger partial charge in [-0.2, -0.15) is 0 Å². The highest BCUT2D eigenvalue weighted by Gasteiger charge is 2.33. The number of nitrogens with zero attached hydrogens (tertiary/aromatic N) is 1. The lowest BCUT2D eigenvalue weighted by atomic mass is 9.93. The maximum atomic E-state index is 13.0.